The van der Waals surface area contributed by atoms with Gasteiger partial charge in [0.1, 0.15) is 23.5 Å². The topological polar surface area (TPSA) is 74.1 Å². The highest BCUT2D eigenvalue weighted by molar-refractivity contribution is 8.14. The van der Waals surface area contributed by atoms with Crippen LogP contribution in [0, 0.1) is 11.6 Å². The fraction of sp³-hybridized carbons (Fsp3) is 0.158. The molecule has 28 heavy (non-hydrogen) atoms. The zero-order chi connectivity index (χ0) is 19.8. The van der Waals surface area contributed by atoms with Crippen LogP contribution in [0.25, 0.3) is 0 Å². The van der Waals surface area contributed by atoms with Gasteiger partial charge < -0.3 is 5.32 Å². The van der Waals surface area contributed by atoms with Crippen molar-refractivity contribution in [3.05, 3.63) is 59.7 Å². The molecule has 2 aromatic rings. The van der Waals surface area contributed by atoms with Crippen LogP contribution < -0.4 is 5.32 Å². The number of amides is 2. The number of hydrogen-bond donors (Lipinski definition) is 1. The first kappa shape index (κ1) is 18.3. The molecule has 142 valence electrons. The number of aliphatic imine (C=N–C) groups is 2. The van der Waals surface area contributed by atoms with Crippen LogP contribution in [0.5, 0.6) is 0 Å². The number of rotatable bonds is 3. The quantitative estimate of drug-likeness (QED) is 0.858. The summed E-state index contributed by atoms with van der Waals surface area (Å²) in [6.07, 6.45) is 0. The van der Waals surface area contributed by atoms with Crippen molar-refractivity contribution >= 4 is 46.0 Å². The van der Waals surface area contributed by atoms with Gasteiger partial charge in [-0.05, 0) is 31.2 Å². The second kappa shape index (κ2) is 7.16. The lowest BCUT2D eigenvalue weighted by atomic mass is 10.1. The number of carbonyl (C=O) groups excluding carboxylic acids is 2. The third-order valence-corrected chi connectivity index (χ3v) is 5.24. The number of para-hydroxylation sites is 1. The Labute approximate surface area is 163 Å². The smallest absolute Gasteiger partial charge is 0.270 e. The van der Waals surface area contributed by atoms with Crippen molar-refractivity contribution < 1.29 is 18.4 Å². The Hall–Kier alpha value is -3.07. The third kappa shape index (κ3) is 3.29. The molecule has 2 aromatic carbocycles. The highest BCUT2D eigenvalue weighted by Gasteiger charge is 2.39. The molecule has 0 saturated heterocycles. The maximum atomic E-state index is 13.7. The van der Waals surface area contributed by atoms with Gasteiger partial charge in [0.25, 0.3) is 5.91 Å². The van der Waals surface area contributed by atoms with Gasteiger partial charge >= 0.3 is 0 Å². The fourth-order valence-corrected chi connectivity index (χ4v) is 3.80. The lowest BCUT2D eigenvalue weighted by Crippen LogP contribution is -2.42. The Morgan fingerprint density at radius 3 is 2.82 bits per heavy atom. The van der Waals surface area contributed by atoms with Crippen molar-refractivity contribution in [2.24, 2.45) is 9.98 Å². The summed E-state index contributed by atoms with van der Waals surface area (Å²) in [6, 6.07) is 9.59. The van der Waals surface area contributed by atoms with E-state index in [1.807, 2.05) is 18.2 Å². The summed E-state index contributed by atoms with van der Waals surface area (Å²) < 4.78 is 26.9. The molecule has 0 saturated carbocycles. The number of amidine groups is 2. The van der Waals surface area contributed by atoms with Gasteiger partial charge in [0.05, 0.1) is 17.1 Å². The Bertz CT molecular complexity index is 1050. The normalized spacial score (nSPS) is 17.6. The van der Waals surface area contributed by atoms with E-state index in [-0.39, 0.29) is 17.3 Å². The van der Waals surface area contributed by atoms with Gasteiger partial charge in [-0.15, -0.1) is 0 Å². The van der Waals surface area contributed by atoms with E-state index in [1.54, 1.807) is 17.9 Å². The number of carbonyl (C=O) groups is 2. The van der Waals surface area contributed by atoms with E-state index in [4.69, 9.17) is 0 Å². The summed E-state index contributed by atoms with van der Waals surface area (Å²) in [5.74, 6) is -1.78. The van der Waals surface area contributed by atoms with E-state index in [9.17, 15) is 18.4 Å². The minimum Gasteiger partial charge on any atom is -0.323 e. The predicted molar refractivity (Wildman–Crippen MR) is 104 cm³/mol. The van der Waals surface area contributed by atoms with Crippen molar-refractivity contribution in [1.82, 2.24) is 4.90 Å². The first-order valence-electron chi connectivity index (χ1n) is 8.41. The molecule has 0 fully saturated rings. The second-order valence-electron chi connectivity index (χ2n) is 6.19. The van der Waals surface area contributed by atoms with Crippen molar-refractivity contribution in [3.8, 4) is 0 Å². The summed E-state index contributed by atoms with van der Waals surface area (Å²) in [6.45, 7) is 1.71. The first-order valence-corrected chi connectivity index (χ1v) is 9.40. The number of nitrogens with zero attached hydrogens (tertiary/aromatic N) is 3. The molecule has 6 nitrogen and oxygen atoms in total. The van der Waals surface area contributed by atoms with Crippen LogP contribution in [-0.4, -0.2) is 39.5 Å². The maximum Gasteiger partial charge on any atom is 0.270 e. The summed E-state index contributed by atoms with van der Waals surface area (Å²) in [5.41, 5.74) is 1.17. The van der Waals surface area contributed by atoms with Crippen molar-refractivity contribution in [3.63, 3.8) is 0 Å². The first-order chi connectivity index (χ1) is 13.4. The fourth-order valence-electron chi connectivity index (χ4n) is 2.92. The number of fused-ring (bicyclic) bond motifs is 3. The minimum absolute atomic E-state index is 0.0956. The van der Waals surface area contributed by atoms with Crippen molar-refractivity contribution in [2.45, 2.75) is 13.0 Å². The molecule has 0 radical (unpaired) electrons. The van der Waals surface area contributed by atoms with Gasteiger partial charge in [0.2, 0.25) is 5.91 Å². The summed E-state index contributed by atoms with van der Waals surface area (Å²) >= 11 is 1.10. The molecule has 2 aliphatic heterocycles. The second-order valence-corrected chi connectivity index (χ2v) is 7.13. The van der Waals surface area contributed by atoms with E-state index in [0.717, 1.165) is 35.5 Å². The van der Waals surface area contributed by atoms with E-state index >= 15 is 0 Å². The van der Waals surface area contributed by atoms with Crippen LogP contribution >= 0.6 is 11.8 Å². The Morgan fingerprint density at radius 2 is 2.00 bits per heavy atom. The molecule has 0 bridgehead atoms. The predicted octanol–water partition coefficient (Wildman–Crippen LogP) is 3.32. The van der Waals surface area contributed by atoms with Gasteiger partial charge in [-0.1, -0.05) is 23.9 Å². The van der Waals surface area contributed by atoms with E-state index in [2.05, 4.69) is 15.3 Å². The van der Waals surface area contributed by atoms with Crippen molar-refractivity contribution in [1.29, 1.82) is 0 Å². The summed E-state index contributed by atoms with van der Waals surface area (Å²) in [5, 5.41) is 2.79. The van der Waals surface area contributed by atoms with Gasteiger partial charge in [-0.2, -0.15) is 4.99 Å². The molecule has 2 heterocycles. The molecular formula is C19H14F2N4O2S. The zero-order valence-electron chi connectivity index (χ0n) is 14.6. The highest BCUT2D eigenvalue weighted by atomic mass is 32.2. The van der Waals surface area contributed by atoms with Crippen LogP contribution in [0.3, 0.4) is 0 Å². The molecule has 4 rings (SSSR count). The monoisotopic (exact) mass is 400 g/mol. The zero-order valence-corrected chi connectivity index (χ0v) is 15.5. The van der Waals surface area contributed by atoms with Gasteiger partial charge in [0, 0.05) is 11.6 Å². The average molecular weight is 400 g/mol. The lowest BCUT2D eigenvalue weighted by Gasteiger charge is -2.29. The summed E-state index contributed by atoms with van der Waals surface area (Å²) in [7, 11) is 0. The summed E-state index contributed by atoms with van der Waals surface area (Å²) in [4.78, 5) is 34.6. The van der Waals surface area contributed by atoms with E-state index in [1.165, 1.54) is 0 Å². The molecule has 0 aliphatic carbocycles. The minimum atomic E-state index is -0.725. The van der Waals surface area contributed by atoms with Crippen LogP contribution in [0.1, 0.15) is 12.5 Å². The molecule has 9 heteroatoms. The molecular weight excluding hydrogens is 386 g/mol. The highest BCUT2D eigenvalue weighted by Crippen LogP contribution is 2.33. The van der Waals surface area contributed by atoms with Crippen LogP contribution in [-0.2, 0) is 9.59 Å². The molecule has 1 unspecified atom stereocenters. The van der Waals surface area contributed by atoms with Crippen molar-refractivity contribution in [2.75, 3.05) is 11.1 Å². The van der Waals surface area contributed by atoms with Crippen LogP contribution in [0.2, 0.25) is 0 Å². The largest absolute Gasteiger partial charge is 0.323 e. The SMILES string of the molecule is CC1C(=O)N=C2c3ccccc3N=C(SCC(=O)Nc3cc(F)ccc3F)N21. The van der Waals surface area contributed by atoms with E-state index < -0.39 is 23.6 Å². The molecule has 0 aromatic heterocycles. The standard InChI is InChI=1S/C19H14F2N4O2S/c1-10-18(27)24-17-12-4-2-3-5-14(12)23-19(25(10)17)28-9-16(26)22-15-8-11(20)6-7-13(15)21/h2-8,10H,9H2,1H3,(H,22,26). The third-order valence-electron chi connectivity index (χ3n) is 4.29. The molecule has 0 spiro atoms. The Kier molecular flexibility index (Phi) is 4.68. The number of thioether (sulfide) groups is 1. The average Bonchev–Trinajstić information content (AvgIpc) is 2.98. The Balaban J connectivity index is 1.53. The number of anilines is 1. The van der Waals surface area contributed by atoms with Crippen LogP contribution in [0.15, 0.2) is 52.4 Å². The lowest BCUT2D eigenvalue weighted by molar-refractivity contribution is -0.119. The molecule has 2 amide bonds. The van der Waals surface area contributed by atoms with Crippen LogP contribution in [0.4, 0.5) is 20.2 Å². The van der Waals surface area contributed by atoms with Gasteiger partial charge in [0.15, 0.2) is 5.17 Å². The number of nitrogens with one attached hydrogen (secondary N) is 1. The number of benzene rings is 2. The van der Waals surface area contributed by atoms with Gasteiger partial charge in [-0.3, -0.25) is 14.5 Å². The molecule has 2 aliphatic rings. The molecule has 1 N–H and O–H groups in total. The van der Waals surface area contributed by atoms with Gasteiger partial charge in [-0.25, -0.2) is 13.8 Å². The number of hydrogen-bond acceptors (Lipinski definition) is 5. The maximum absolute atomic E-state index is 13.7. The van der Waals surface area contributed by atoms with E-state index in [0.29, 0.717) is 16.7 Å². The number of halogens is 2. The Morgan fingerprint density at radius 1 is 1.21 bits per heavy atom. The molecule has 1 atom stereocenters.